The first-order valence-corrected chi connectivity index (χ1v) is 5.01. The predicted octanol–water partition coefficient (Wildman–Crippen LogP) is -0.190. The van der Waals surface area contributed by atoms with Gasteiger partial charge in [-0.25, -0.2) is 4.98 Å². The number of hydrogen-bond donors (Lipinski definition) is 2. The van der Waals surface area contributed by atoms with Gasteiger partial charge in [-0.05, 0) is 19.4 Å². The van der Waals surface area contributed by atoms with Crippen LogP contribution in [0.2, 0.25) is 0 Å². The highest BCUT2D eigenvalue weighted by Crippen LogP contribution is 2.11. The molecule has 0 unspecified atom stereocenters. The summed E-state index contributed by atoms with van der Waals surface area (Å²) in [6.45, 7) is 1.72. The third kappa shape index (κ3) is 2.69. The summed E-state index contributed by atoms with van der Waals surface area (Å²) in [6, 6.07) is 0. The second-order valence-electron chi connectivity index (χ2n) is 3.50. The lowest BCUT2D eigenvalue weighted by Gasteiger charge is -2.21. The minimum Gasteiger partial charge on any atom is -0.316 e. The van der Waals surface area contributed by atoms with Crippen LogP contribution in [0.4, 0.5) is 5.95 Å². The topological polar surface area (TPSA) is 79.8 Å². The Morgan fingerprint density at radius 1 is 1.53 bits per heavy atom. The number of hydrogen-bond acceptors (Lipinski definition) is 5. The normalized spacial score (nSPS) is 20.9. The number of carbonyl (C=O) groups excluding carboxylic acids is 1. The largest absolute Gasteiger partial charge is 0.316 e. The number of nitrogens with zero attached hydrogens (tertiary/aromatic N) is 3. The number of nitrogens with one attached hydrogen (secondary N) is 2. The fourth-order valence-electron chi connectivity index (χ4n) is 1.59. The highest BCUT2D eigenvalue weighted by molar-refractivity contribution is 5.91. The second-order valence-corrected chi connectivity index (χ2v) is 3.50. The molecule has 0 aliphatic carbocycles. The Morgan fingerprint density at radius 3 is 3.13 bits per heavy atom. The van der Waals surface area contributed by atoms with Gasteiger partial charge in [0.25, 0.3) is 0 Å². The van der Waals surface area contributed by atoms with Crippen molar-refractivity contribution in [3.63, 3.8) is 0 Å². The van der Waals surface area contributed by atoms with Gasteiger partial charge in [0.1, 0.15) is 0 Å². The van der Waals surface area contributed by atoms with Crippen molar-refractivity contribution in [3.05, 3.63) is 12.4 Å². The molecule has 80 valence electrons. The quantitative estimate of drug-likeness (QED) is 0.702. The summed E-state index contributed by atoms with van der Waals surface area (Å²) in [5, 5.41) is 13.2. The van der Waals surface area contributed by atoms with Gasteiger partial charge in [-0.3, -0.25) is 10.1 Å². The van der Waals surface area contributed by atoms with E-state index in [0.717, 1.165) is 25.9 Å². The molecule has 1 amide bonds. The molecular weight excluding hydrogens is 194 g/mol. The van der Waals surface area contributed by atoms with Crippen molar-refractivity contribution in [2.24, 2.45) is 5.92 Å². The molecule has 0 bridgehead atoms. The van der Waals surface area contributed by atoms with Crippen LogP contribution in [0.1, 0.15) is 12.8 Å². The van der Waals surface area contributed by atoms with Crippen molar-refractivity contribution < 1.29 is 4.79 Å². The van der Waals surface area contributed by atoms with E-state index < -0.39 is 0 Å². The third-order valence-electron chi connectivity index (χ3n) is 2.39. The Kier molecular flexibility index (Phi) is 3.18. The molecule has 1 aromatic heterocycles. The Bertz CT molecular complexity index is 323. The molecule has 6 nitrogen and oxygen atoms in total. The van der Waals surface area contributed by atoms with E-state index in [-0.39, 0.29) is 17.8 Å². The van der Waals surface area contributed by atoms with Crippen LogP contribution in [-0.4, -0.2) is 34.2 Å². The Labute approximate surface area is 87.5 Å². The minimum absolute atomic E-state index is 0.0163. The Morgan fingerprint density at radius 2 is 2.47 bits per heavy atom. The van der Waals surface area contributed by atoms with Crippen molar-refractivity contribution in [1.82, 2.24) is 20.5 Å². The van der Waals surface area contributed by atoms with Gasteiger partial charge in [0.2, 0.25) is 11.9 Å². The van der Waals surface area contributed by atoms with E-state index in [2.05, 4.69) is 25.8 Å². The third-order valence-corrected chi connectivity index (χ3v) is 2.39. The van der Waals surface area contributed by atoms with E-state index in [0.29, 0.717) is 0 Å². The molecule has 2 heterocycles. The summed E-state index contributed by atoms with van der Waals surface area (Å²) in [7, 11) is 0. The van der Waals surface area contributed by atoms with Gasteiger partial charge in [-0.1, -0.05) is 0 Å². The van der Waals surface area contributed by atoms with Crippen molar-refractivity contribution in [2.75, 3.05) is 18.4 Å². The molecule has 0 radical (unpaired) electrons. The average molecular weight is 207 g/mol. The molecule has 1 fully saturated rings. The Hall–Kier alpha value is -1.56. The molecule has 2 N–H and O–H groups in total. The van der Waals surface area contributed by atoms with Gasteiger partial charge < -0.3 is 5.32 Å². The fourth-order valence-corrected chi connectivity index (χ4v) is 1.59. The number of aromatic nitrogens is 3. The SMILES string of the molecule is O=C(Nc1nccnn1)[C@@H]1CCCNC1. The van der Waals surface area contributed by atoms with Crippen LogP contribution in [0.3, 0.4) is 0 Å². The maximum absolute atomic E-state index is 11.7. The van der Waals surface area contributed by atoms with Crippen molar-refractivity contribution in [1.29, 1.82) is 0 Å². The lowest BCUT2D eigenvalue weighted by molar-refractivity contribution is -0.120. The number of amides is 1. The fraction of sp³-hybridized carbons (Fsp3) is 0.556. The summed E-state index contributed by atoms with van der Waals surface area (Å²) >= 11 is 0. The maximum atomic E-state index is 11.7. The predicted molar refractivity (Wildman–Crippen MR) is 54.1 cm³/mol. The lowest BCUT2D eigenvalue weighted by Crippen LogP contribution is -2.37. The highest BCUT2D eigenvalue weighted by Gasteiger charge is 2.21. The van der Waals surface area contributed by atoms with Crippen molar-refractivity contribution >= 4 is 11.9 Å². The monoisotopic (exact) mass is 207 g/mol. The van der Waals surface area contributed by atoms with Gasteiger partial charge in [0.15, 0.2) is 0 Å². The summed E-state index contributed by atoms with van der Waals surface area (Å²) in [5.74, 6) is 0.255. The van der Waals surface area contributed by atoms with Gasteiger partial charge in [-0.15, -0.1) is 5.10 Å². The number of anilines is 1. The molecule has 1 aromatic rings. The van der Waals surface area contributed by atoms with Crippen LogP contribution in [0.25, 0.3) is 0 Å². The minimum atomic E-state index is -0.0322. The second kappa shape index (κ2) is 4.79. The van der Waals surface area contributed by atoms with Gasteiger partial charge in [0.05, 0.1) is 18.3 Å². The van der Waals surface area contributed by atoms with Crippen LogP contribution < -0.4 is 10.6 Å². The van der Waals surface area contributed by atoms with E-state index in [1.54, 1.807) is 0 Å². The van der Waals surface area contributed by atoms with E-state index in [1.165, 1.54) is 12.4 Å². The molecule has 1 atom stereocenters. The summed E-state index contributed by atoms with van der Waals surface area (Å²) in [5.41, 5.74) is 0. The summed E-state index contributed by atoms with van der Waals surface area (Å²) < 4.78 is 0. The molecule has 0 aromatic carbocycles. The molecule has 6 heteroatoms. The van der Waals surface area contributed by atoms with Crippen LogP contribution in [-0.2, 0) is 4.79 Å². The van der Waals surface area contributed by atoms with Crippen LogP contribution >= 0.6 is 0 Å². The van der Waals surface area contributed by atoms with E-state index in [9.17, 15) is 4.79 Å². The molecule has 1 saturated heterocycles. The zero-order chi connectivity index (χ0) is 10.5. The molecule has 2 rings (SSSR count). The molecule has 1 aliphatic rings. The zero-order valence-electron chi connectivity index (χ0n) is 8.31. The smallest absolute Gasteiger partial charge is 0.249 e. The first kappa shape index (κ1) is 9.97. The lowest BCUT2D eigenvalue weighted by atomic mass is 9.99. The first-order chi connectivity index (χ1) is 7.36. The average Bonchev–Trinajstić information content (AvgIpc) is 2.31. The summed E-state index contributed by atoms with van der Waals surface area (Å²) in [4.78, 5) is 15.6. The van der Waals surface area contributed by atoms with E-state index in [4.69, 9.17) is 0 Å². The van der Waals surface area contributed by atoms with Crippen LogP contribution in [0.5, 0.6) is 0 Å². The van der Waals surface area contributed by atoms with E-state index >= 15 is 0 Å². The standard InChI is InChI=1S/C9H13N5O/c15-8(7-2-1-3-10-6-7)13-9-11-4-5-12-14-9/h4-5,7,10H,1-3,6H2,(H,11,13,14,15)/t7-/m1/s1. The molecule has 0 spiro atoms. The Balaban J connectivity index is 1.91. The number of carbonyl (C=O) groups is 1. The van der Waals surface area contributed by atoms with Crippen molar-refractivity contribution in [2.45, 2.75) is 12.8 Å². The zero-order valence-corrected chi connectivity index (χ0v) is 8.31. The van der Waals surface area contributed by atoms with Gasteiger partial charge in [0, 0.05) is 6.54 Å². The number of piperidine rings is 1. The number of rotatable bonds is 2. The first-order valence-electron chi connectivity index (χ1n) is 5.01. The van der Waals surface area contributed by atoms with Gasteiger partial charge in [-0.2, -0.15) is 5.10 Å². The molecule has 15 heavy (non-hydrogen) atoms. The molecule has 1 aliphatic heterocycles. The molecule has 0 saturated carbocycles. The summed E-state index contributed by atoms with van der Waals surface area (Å²) in [6.07, 6.45) is 4.92. The highest BCUT2D eigenvalue weighted by atomic mass is 16.2. The van der Waals surface area contributed by atoms with Crippen molar-refractivity contribution in [3.8, 4) is 0 Å². The maximum Gasteiger partial charge on any atom is 0.249 e. The van der Waals surface area contributed by atoms with Gasteiger partial charge >= 0.3 is 0 Å². The molecular formula is C9H13N5O. The van der Waals surface area contributed by atoms with Crippen LogP contribution in [0, 0.1) is 5.92 Å². The van der Waals surface area contributed by atoms with E-state index in [1.807, 2.05) is 0 Å². The van der Waals surface area contributed by atoms with Crippen LogP contribution in [0.15, 0.2) is 12.4 Å².